The van der Waals surface area contributed by atoms with Crippen LogP contribution >= 0.6 is 11.6 Å². The van der Waals surface area contributed by atoms with E-state index in [4.69, 9.17) is 11.6 Å². The van der Waals surface area contributed by atoms with Crippen molar-refractivity contribution in [2.75, 3.05) is 0 Å². The summed E-state index contributed by atoms with van der Waals surface area (Å²) < 4.78 is 0. The highest BCUT2D eigenvalue weighted by molar-refractivity contribution is 6.31. The lowest BCUT2D eigenvalue weighted by Crippen LogP contribution is -1.77. The molecule has 0 spiro atoms. The van der Waals surface area contributed by atoms with E-state index in [2.05, 4.69) is 12.1 Å². The average Bonchev–Trinajstić information content (AvgIpc) is 1.80. The third-order valence-corrected chi connectivity index (χ3v) is 1.52. The highest BCUT2D eigenvalue weighted by Crippen LogP contribution is 2.13. The minimum absolute atomic E-state index is 0.676. The fourth-order valence-electron chi connectivity index (χ4n) is 0.583. The van der Waals surface area contributed by atoms with Crippen molar-refractivity contribution < 1.29 is 0 Å². The van der Waals surface area contributed by atoms with Gasteiger partial charge in [0, 0.05) is 6.07 Å². The van der Waals surface area contributed by atoms with Crippen LogP contribution < -0.4 is 0 Å². The first kappa shape index (κ1) is 6.63. The Balaban J connectivity index is 3.17. The van der Waals surface area contributed by atoms with Crippen LogP contribution in [0.15, 0.2) is 6.07 Å². The molecule has 0 saturated heterocycles. The van der Waals surface area contributed by atoms with E-state index in [0.717, 1.165) is 11.1 Å². The Morgan fingerprint density at radius 2 is 2.11 bits per heavy atom. The van der Waals surface area contributed by atoms with E-state index in [0.29, 0.717) is 5.02 Å². The van der Waals surface area contributed by atoms with Crippen LogP contribution in [0, 0.1) is 26.0 Å². The minimum atomic E-state index is 0.676. The predicted octanol–water partition coefficient (Wildman–Crippen LogP) is 2.56. The van der Waals surface area contributed by atoms with E-state index in [9.17, 15) is 0 Å². The number of rotatable bonds is 0. The first-order valence-corrected chi connectivity index (χ1v) is 3.14. The fourth-order valence-corrected chi connectivity index (χ4v) is 0.786. The van der Waals surface area contributed by atoms with E-state index in [1.165, 1.54) is 0 Å². The Bertz CT molecular complexity index is 216. The van der Waals surface area contributed by atoms with Crippen LogP contribution in [0.25, 0.3) is 0 Å². The predicted molar refractivity (Wildman–Crippen MR) is 38.6 cm³/mol. The maximum Gasteiger partial charge on any atom is 0.0523 e. The number of hydrogen-bond donors (Lipinski definition) is 0. The molecule has 0 amide bonds. The Hall–Kier alpha value is -0.490. The van der Waals surface area contributed by atoms with Crippen molar-refractivity contribution in [2.24, 2.45) is 0 Å². The normalized spacial score (nSPS) is 9.67. The number of halogens is 1. The molecule has 0 saturated carbocycles. The first-order valence-electron chi connectivity index (χ1n) is 2.77. The van der Waals surface area contributed by atoms with Gasteiger partial charge in [0.05, 0.1) is 5.02 Å². The molecular weight excluding hydrogens is 132 g/mol. The van der Waals surface area contributed by atoms with Gasteiger partial charge in [0.15, 0.2) is 0 Å². The highest BCUT2D eigenvalue weighted by atomic mass is 35.5. The summed E-state index contributed by atoms with van der Waals surface area (Å²) in [6.45, 7) is 3.86. The Labute approximate surface area is 60.5 Å². The number of benzene rings is 1. The Morgan fingerprint density at radius 1 is 1.44 bits per heavy atom. The molecule has 9 heavy (non-hydrogen) atoms. The maximum absolute atomic E-state index is 5.73. The summed E-state index contributed by atoms with van der Waals surface area (Å²) in [7, 11) is 0. The van der Waals surface area contributed by atoms with Crippen molar-refractivity contribution in [2.45, 2.75) is 13.8 Å². The van der Waals surface area contributed by atoms with Crippen LogP contribution in [-0.2, 0) is 0 Å². The molecule has 2 radical (unpaired) electrons. The fraction of sp³-hybridized carbons (Fsp3) is 0.250. The van der Waals surface area contributed by atoms with Gasteiger partial charge < -0.3 is 0 Å². The molecule has 0 bridgehead atoms. The van der Waals surface area contributed by atoms with Gasteiger partial charge in [-0.25, -0.2) is 0 Å². The van der Waals surface area contributed by atoms with Gasteiger partial charge in [0.2, 0.25) is 0 Å². The van der Waals surface area contributed by atoms with Crippen LogP contribution in [0.2, 0.25) is 5.02 Å². The second kappa shape index (κ2) is 2.40. The lowest BCUT2D eigenvalue weighted by Gasteiger charge is -1.94. The molecule has 0 atom stereocenters. The summed E-state index contributed by atoms with van der Waals surface area (Å²) in [5.41, 5.74) is 1.99. The van der Waals surface area contributed by atoms with E-state index in [1.54, 1.807) is 0 Å². The van der Waals surface area contributed by atoms with Crippen molar-refractivity contribution in [3.05, 3.63) is 34.3 Å². The standard InChI is InChI=1S/C8H7Cl/c1-6-3-4-7(2)8(9)5-6/h3H,1-2H3. The van der Waals surface area contributed by atoms with Crippen molar-refractivity contribution in [3.63, 3.8) is 0 Å². The smallest absolute Gasteiger partial charge is 0.0523 e. The van der Waals surface area contributed by atoms with Gasteiger partial charge in [-0.1, -0.05) is 17.7 Å². The molecule has 0 aliphatic carbocycles. The van der Waals surface area contributed by atoms with Crippen LogP contribution in [0.5, 0.6) is 0 Å². The summed E-state index contributed by atoms with van der Waals surface area (Å²) in [5, 5.41) is 0.676. The quantitative estimate of drug-likeness (QED) is 0.517. The van der Waals surface area contributed by atoms with Crippen molar-refractivity contribution in [1.82, 2.24) is 0 Å². The molecule has 0 N–H and O–H groups in total. The van der Waals surface area contributed by atoms with Gasteiger partial charge in [-0.3, -0.25) is 0 Å². The van der Waals surface area contributed by atoms with Crippen LogP contribution in [-0.4, -0.2) is 0 Å². The summed E-state index contributed by atoms with van der Waals surface area (Å²) in [6.07, 6.45) is 0. The third-order valence-electron chi connectivity index (χ3n) is 1.14. The van der Waals surface area contributed by atoms with Crippen molar-refractivity contribution in [1.29, 1.82) is 0 Å². The molecule has 0 fully saturated rings. The average molecular weight is 139 g/mol. The van der Waals surface area contributed by atoms with Gasteiger partial charge in [0.1, 0.15) is 0 Å². The molecule has 0 aliphatic heterocycles. The van der Waals surface area contributed by atoms with Gasteiger partial charge in [0.25, 0.3) is 0 Å². The monoisotopic (exact) mass is 138 g/mol. The van der Waals surface area contributed by atoms with E-state index in [-0.39, 0.29) is 0 Å². The van der Waals surface area contributed by atoms with E-state index in [1.807, 2.05) is 19.9 Å². The zero-order valence-electron chi connectivity index (χ0n) is 5.46. The SMILES string of the molecule is Cc1[c]c(Cl)c(C)[c]c1. The Kier molecular flexibility index (Phi) is 1.77. The first-order chi connectivity index (χ1) is 4.20. The zero-order chi connectivity index (χ0) is 6.85. The topological polar surface area (TPSA) is 0 Å². The largest absolute Gasteiger partial charge is 0.0833 e. The molecule has 0 aromatic heterocycles. The molecule has 1 rings (SSSR count). The van der Waals surface area contributed by atoms with E-state index < -0.39 is 0 Å². The minimum Gasteiger partial charge on any atom is -0.0833 e. The third kappa shape index (κ3) is 1.46. The molecule has 46 valence electrons. The molecule has 0 aliphatic rings. The molecular formula is C8H7Cl. The van der Waals surface area contributed by atoms with Crippen LogP contribution in [0.1, 0.15) is 11.1 Å². The molecule has 1 heteroatoms. The zero-order valence-corrected chi connectivity index (χ0v) is 6.21. The second-order valence-corrected chi connectivity index (χ2v) is 2.41. The number of hydrogen-bond acceptors (Lipinski definition) is 0. The number of aryl methyl sites for hydroxylation is 2. The van der Waals surface area contributed by atoms with Crippen LogP contribution in [0.4, 0.5) is 0 Å². The van der Waals surface area contributed by atoms with Crippen LogP contribution in [0.3, 0.4) is 0 Å². The summed E-state index contributed by atoms with van der Waals surface area (Å²) in [6, 6.07) is 7.85. The lowest BCUT2D eigenvalue weighted by atomic mass is 10.2. The van der Waals surface area contributed by atoms with Gasteiger partial charge in [-0.2, -0.15) is 0 Å². The molecule has 1 aromatic rings. The molecule has 0 heterocycles. The maximum atomic E-state index is 5.73. The molecule has 0 nitrogen and oxygen atoms in total. The highest BCUT2D eigenvalue weighted by Gasteiger charge is 1.92. The van der Waals surface area contributed by atoms with Crippen molar-refractivity contribution in [3.8, 4) is 0 Å². The summed E-state index contributed by atoms with van der Waals surface area (Å²) >= 11 is 5.73. The lowest BCUT2D eigenvalue weighted by molar-refractivity contribution is 1.38. The molecule has 0 unspecified atom stereocenters. The Morgan fingerprint density at radius 3 is 2.56 bits per heavy atom. The summed E-state index contributed by atoms with van der Waals surface area (Å²) in [4.78, 5) is 0. The summed E-state index contributed by atoms with van der Waals surface area (Å²) in [5.74, 6) is 0. The second-order valence-electron chi connectivity index (χ2n) is 2.04. The van der Waals surface area contributed by atoms with Gasteiger partial charge >= 0.3 is 0 Å². The van der Waals surface area contributed by atoms with Gasteiger partial charge in [-0.15, -0.1) is 0 Å². The molecule has 1 aromatic carbocycles. The van der Waals surface area contributed by atoms with Gasteiger partial charge in [-0.05, 0) is 31.0 Å². The van der Waals surface area contributed by atoms with Crippen molar-refractivity contribution >= 4 is 11.6 Å². The van der Waals surface area contributed by atoms with E-state index >= 15 is 0 Å².